The molecule has 106 valence electrons. The van der Waals surface area contributed by atoms with Gasteiger partial charge in [0.1, 0.15) is 11.5 Å². The van der Waals surface area contributed by atoms with Crippen molar-refractivity contribution in [2.75, 3.05) is 14.2 Å². The molecule has 0 aliphatic heterocycles. The van der Waals surface area contributed by atoms with Crippen LogP contribution in [0.5, 0.6) is 11.5 Å². The maximum Gasteiger partial charge on any atom is 0.118 e. The lowest BCUT2D eigenvalue weighted by atomic mass is 10.2. The molecule has 0 saturated carbocycles. The molecule has 0 N–H and O–H groups in total. The number of ether oxygens (including phenoxy) is 2. The molecule has 20 heavy (non-hydrogen) atoms. The number of hydrogen-bond acceptors (Lipinski definition) is 5. The first-order valence-corrected chi connectivity index (χ1v) is 9.70. The van der Waals surface area contributed by atoms with Gasteiger partial charge < -0.3 is 9.47 Å². The predicted molar refractivity (Wildman–Crippen MR) is 90.7 cm³/mol. The average molecular weight is 324 g/mol. The predicted octanol–water partition coefficient (Wildman–Crippen LogP) is 5.29. The normalized spacial score (nSPS) is 10.3. The van der Waals surface area contributed by atoms with Gasteiger partial charge in [0, 0.05) is 10.6 Å². The fraction of sp³-hybridized carbons (Fsp3) is 0.200. The van der Waals surface area contributed by atoms with Crippen molar-refractivity contribution >= 4 is 31.4 Å². The number of rotatable bonds is 7. The Hall–Kier alpha value is -0.910. The van der Waals surface area contributed by atoms with Gasteiger partial charge in [0.05, 0.1) is 14.2 Å². The molecule has 0 bridgehead atoms. The highest BCUT2D eigenvalue weighted by Gasteiger charge is 1.99. The fourth-order valence-electron chi connectivity index (χ4n) is 1.51. The van der Waals surface area contributed by atoms with Crippen molar-refractivity contribution in [1.82, 2.24) is 0 Å². The van der Waals surface area contributed by atoms with Gasteiger partial charge in [-0.1, -0.05) is 22.9 Å². The zero-order valence-corrected chi connectivity index (χ0v) is 13.8. The van der Waals surface area contributed by atoms with Gasteiger partial charge in [0.2, 0.25) is 0 Å². The van der Waals surface area contributed by atoms with Crippen molar-refractivity contribution in [1.29, 1.82) is 0 Å². The smallest absolute Gasteiger partial charge is 0.118 e. The van der Waals surface area contributed by atoms with E-state index in [0.717, 1.165) is 17.3 Å². The van der Waals surface area contributed by atoms with Crippen LogP contribution in [0.2, 0.25) is 0 Å². The van der Waals surface area contributed by atoms with Crippen molar-refractivity contribution in [3.8, 4) is 11.5 Å². The SMILES string of the molecule is COc1ccc(CSSSc2ccc(OC)cc2)cc1. The van der Waals surface area contributed by atoms with Crippen LogP contribution < -0.4 is 9.47 Å². The van der Waals surface area contributed by atoms with E-state index in [-0.39, 0.29) is 0 Å². The van der Waals surface area contributed by atoms with Crippen molar-refractivity contribution < 1.29 is 9.47 Å². The minimum absolute atomic E-state index is 0.894. The van der Waals surface area contributed by atoms with Gasteiger partial charge in [-0.3, -0.25) is 0 Å². The minimum atomic E-state index is 0.894. The molecular weight excluding hydrogens is 308 g/mol. The Balaban J connectivity index is 1.72. The van der Waals surface area contributed by atoms with Gasteiger partial charge in [0.25, 0.3) is 0 Å². The molecule has 0 heterocycles. The summed E-state index contributed by atoms with van der Waals surface area (Å²) in [5.41, 5.74) is 1.30. The average Bonchev–Trinajstić information content (AvgIpc) is 2.53. The molecule has 0 spiro atoms. The van der Waals surface area contributed by atoms with Crippen LogP contribution in [0.4, 0.5) is 0 Å². The number of hydrogen-bond donors (Lipinski definition) is 0. The summed E-state index contributed by atoms with van der Waals surface area (Å²) in [4.78, 5) is 1.23. The van der Waals surface area contributed by atoms with E-state index >= 15 is 0 Å². The molecule has 0 aliphatic carbocycles. The molecule has 2 rings (SSSR count). The summed E-state index contributed by atoms with van der Waals surface area (Å²) >= 11 is 0. The van der Waals surface area contributed by atoms with E-state index in [0.29, 0.717) is 0 Å². The van der Waals surface area contributed by atoms with Crippen molar-refractivity contribution in [3.05, 3.63) is 54.1 Å². The third-order valence-corrected chi connectivity index (χ3v) is 6.60. The van der Waals surface area contributed by atoms with Crippen molar-refractivity contribution in [2.45, 2.75) is 10.6 Å². The van der Waals surface area contributed by atoms with Crippen LogP contribution in [0.15, 0.2) is 53.4 Å². The molecule has 0 fully saturated rings. The van der Waals surface area contributed by atoms with Crippen LogP contribution in [0.25, 0.3) is 0 Å². The second-order valence-corrected chi connectivity index (χ2v) is 8.08. The van der Waals surface area contributed by atoms with Gasteiger partial charge >= 0.3 is 0 Å². The van der Waals surface area contributed by atoms with Crippen LogP contribution in [0, 0.1) is 0 Å². The Morgan fingerprint density at radius 3 is 1.90 bits per heavy atom. The zero-order chi connectivity index (χ0) is 14.2. The lowest BCUT2D eigenvalue weighted by Gasteiger charge is -2.04. The van der Waals surface area contributed by atoms with Crippen molar-refractivity contribution in [3.63, 3.8) is 0 Å². The third kappa shape index (κ3) is 4.89. The summed E-state index contributed by atoms with van der Waals surface area (Å²) in [5, 5.41) is 0. The molecule has 0 unspecified atom stereocenters. The van der Waals surface area contributed by atoms with E-state index in [1.807, 2.05) is 35.1 Å². The molecule has 0 aromatic heterocycles. The molecule has 0 aliphatic rings. The topological polar surface area (TPSA) is 18.5 Å². The van der Waals surface area contributed by atoms with Gasteiger partial charge in [-0.2, -0.15) is 0 Å². The molecule has 2 nitrogen and oxygen atoms in total. The Labute approximate surface area is 131 Å². The van der Waals surface area contributed by atoms with Gasteiger partial charge in [-0.15, -0.1) is 0 Å². The Morgan fingerprint density at radius 1 is 0.800 bits per heavy atom. The molecule has 0 radical (unpaired) electrons. The van der Waals surface area contributed by atoms with E-state index < -0.39 is 0 Å². The van der Waals surface area contributed by atoms with Crippen LogP contribution in [0.1, 0.15) is 5.56 Å². The van der Waals surface area contributed by atoms with E-state index in [9.17, 15) is 0 Å². The van der Waals surface area contributed by atoms with Gasteiger partial charge in [-0.05, 0) is 62.6 Å². The molecule has 0 saturated heterocycles. The summed E-state index contributed by atoms with van der Waals surface area (Å²) < 4.78 is 10.3. The molecule has 0 amide bonds. The van der Waals surface area contributed by atoms with Gasteiger partial charge in [0.15, 0.2) is 0 Å². The molecular formula is C15H16O2S3. The fourth-order valence-corrected chi connectivity index (χ4v) is 5.10. The quantitative estimate of drug-likeness (QED) is 0.507. The largest absolute Gasteiger partial charge is 0.497 e. The van der Waals surface area contributed by atoms with E-state index in [4.69, 9.17) is 9.47 Å². The second-order valence-electron chi connectivity index (χ2n) is 3.94. The summed E-state index contributed by atoms with van der Waals surface area (Å²) in [7, 11) is 8.75. The van der Waals surface area contributed by atoms with Crippen LogP contribution in [0.3, 0.4) is 0 Å². The van der Waals surface area contributed by atoms with Crippen molar-refractivity contribution in [2.24, 2.45) is 0 Å². The minimum Gasteiger partial charge on any atom is -0.497 e. The highest BCUT2D eigenvalue weighted by molar-refractivity contribution is 9.09. The maximum absolute atomic E-state index is 5.15. The molecule has 5 heteroatoms. The summed E-state index contributed by atoms with van der Waals surface area (Å²) in [6, 6.07) is 16.3. The Morgan fingerprint density at radius 2 is 1.35 bits per heavy atom. The lowest BCUT2D eigenvalue weighted by molar-refractivity contribution is 0.414. The second kappa shape index (κ2) is 8.39. The van der Waals surface area contributed by atoms with Crippen LogP contribution in [-0.4, -0.2) is 14.2 Å². The zero-order valence-electron chi connectivity index (χ0n) is 11.4. The summed E-state index contributed by atoms with van der Waals surface area (Å²) in [6.45, 7) is 0. The molecule has 2 aromatic rings. The van der Waals surface area contributed by atoms with Gasteiger partial charge in [-0.25, -0.2) is 0 Å². The maximum atomic E-state index is 5.15. The lowest BCUT2D eigenvalue weighted by Crippen LogP contribution is -1.83. The Bertz CT molecular complexity index is 462. The molecule has 0 atom stereocenters. The van der Waals surface area contributed by atoms with Crippen LogP contribution >= 0.6 is 31.4 Å². The highest BCUT2D eigenvalue weighted by atomic mass is 33.5. The monoisotopic (exact) mass is 324 g/mol. The van der Waals surface area contributed by atoms with E-state index in [1.54, 1.807) is 34.8 Å². The highest BCUT2D eigenvalue weighted by Crippen LogP contribution is 2.42. The third-order valence-electron chi connectivity index (χ3n) is 2.62. The van der Waals surface area contributed by atoms with Crippen LogP contribution in [-0.2, 0) is 5.75 Å². The number of benzene rings is 2. The Kier molecular flexibility index (Phi) is 6.50. The summed E-state index contributed by atoms with van der Waals surface area (Å²) in [6.07, 6.45) is 0. The molecule has 2 aromatic carbocycles. The summed E-state index contributed by atoms with van der Waals surface area (Å²) in [5.74, 6) is 2.78. The van der Waals surface area contributed by atoms with E-state index in [2.05, 4.69) is 24.3 Å². The number of methoxy groups -OCH3 is 2. The first-order chi connectivity index (χ1) is 9.81. The standard InChI is InChI=1S/C15H16O2S3/c1-16-13-5-3-12(4-6-13)11-18-20-19-15-9-7-14(17-2)8-10-15/h3-10H,11H2,1-2H3. The first kappa shape index (κ1) is 15.5. The first-order valence-electron chi connectivity index (χ1n) is 6.05. The van der Waals surface area contributed by atoms with E-state index in [1.165, 1.54) is 10.5 Å².